The number of nitrogens with one attached hydrogen (secondary N) is 1. The number of aromatic nitrogens is 3. The first-order valence-electron chi connectivity index (χ1n) is 9.79. The van der Waals surface area contributed by atoms with E-state index < -0.39 is 11.9 Å². The molecule has 3 amide bonds. The Morgan fingerprint density at radius 1 is 1.30 bits per heavy atom. The van der Waals surface area contributed by atoms with Crippen molar-refractivity contribution in [1.82, 2.24) is 25.0 Å². The summed E-state index contributed by atoms with van der Waals surface area (Å²) in [4.78, 5) is 43.0. The number of allylic oxidation sites excluding steroid dienone is 1. The zero-order valence-corrected chi connectivity index (χ0v) is 16.8. The summed E-state index contributed by atoms with van der Waals surface area (Å²) < 4.78 is 15.1. The van der Waals surface area contributed by atoms with Crippen molar-refractivity contribution in [3.8, 4) is 0 Å². The quantitative estimate of drug-likeness (QED) is 0.727. The van der Waals surface area contributed by atoms with Crippen molar-refractivity contribution in [2.24, 2.45) is 11.7 Å². The van der Waals surface area contributed by atoms with E-state index in [0.717, 1.165) is 6.42 Å². The molecule has 0 bridgehead atoms. The minimum atomic E-state index is -0.695. The lowest BCUT2D eigenvalue weighted by Crippen LogP contribution is -2.49. The SMILES string of the molecule is CC(C)=C(F)CNC(=O)[C@@H]1C[C@H]2C[C@H]2N1C(=O)Cn1nc(C(N)=O)c2ccncc21. The summed E-state index contributed by atoms with van der Waals surface area (Å²) in [6, 6.07) is 0.989. The van der Waals surface area contributed by atoms with Crippen LogP contribution in [-0.2, 0) is 16.1 Å². The van der Waals surface area contributed by atoms with Crippen LogP contribution >= 0.6 is 0 Å². The average Bonchev–Trinajstić information content (AvgIpc) is 3.21. The van der Waals surface area contributed by atoms with Crippen LogP contribution in [0.2, 0.25) is 0 Å². The van der Waals surface area contributed by atoms with Gasteiger partial charge in [0.05, 0.1) is 18.3 Å². The molecule has 1 aliphatic carbocycles. The third-order valence-electron chi connectivity index (χ3n) is 5.73. The molecule has 2 fully saturated rings. The summed E-state index contributed by atoms with van der Waals surface area (Å²) in [6.07, 6.45) is 4.45. The number of pyridine rings is 1. The van der Waals surface area contributed by atoms with Gasteiger partial charge in [0.1, 0.15) is 18.4 Å². The van der Waals surface area contributed by atoms with E-state index in [-0.39, 0.29) is 48.4 Å². The molecule has 1 saturated carbocycles. The van der Waals surface area contributed by atoms with Crippen molar-refractivity contribution < 1.29 is 18.8 Å². The Kier molecular flexibility index (Phi) is 5.00. The molecule has 158 valence electrons. The minimum absolute atomic E-state index is 0.0112. The highest BCUT2D eigenvalue weighted by molar-refractivity contribution is 6.04. The van der Waals surface area contributed by atoms with E-state index in [1.807, 2.05) is 0 Å². The normalized spacial score (nSPS) is 22.0. The van der Waals surface area contributed by atoms with Gasteiger partial charge in [0.15, 0.2) is 5.69 Å². The zero-order valence-electron chi connectivity index (χ0n) is 16.8. The first kappa shape index (κ1) is 20.0. The summed E-state index contributed by atoms with van der Waals surface area (Å²) in [5, 5.41) is 7.29. The summed E-state index contributed by atoms with van der Waals surface area (Å²) in [6.45, 7) is 2.93. The van der Waals surface area contributed by atoms with E-state index in [2.05, 4.69) is 15.4 Å². The fraction of sp³-hybridized carbons (Fsp3) is 0.450. The number of hydrogen-bond donors (Lipinski definition) is 2. The average molecular weight is 414 g/mol. The van der Waals surface area contributed by atoms with Gasteiger partial charge in [0.25, 0.3) is 5.91 Å². The molecular weight excluding hydrogens is 391 g/mol. The number of piperidine rings is 1. The molecule has 2 aliphatic rings. The fourth-order valence-corrected chi connectivity index (χ4v) is 4.04. The lowest BCUT2D eigenvalue weighted by atomic mass is 10.1. The Morgan fingerprint density at radius 2 is 2.07 bits per heavy atom. The van der Waals surface area contributed by atoms with Gasteiger partial charge in [0, 0.05) is 17.6 Å². The maximum atomic E-state index is 13.7. The van der Waals surface area contributed by atoms with Crippen LogP contribution in [0.3, 0.4) is 0 Å². The zero-order chi connectivity index (χ0) is 21.6. The molecule has 4 rings (SSSR count). The number of carbonyl (C=O) groups excluding carboxylic acids is 3. The van der Waals surface area contributed by atoms with Crippen molar-refractivity contribution in [3.63, 3.8) is 0 Å². The lowest BCUT2D eigenvalue weighted by Gasteiger charge is -2.27. The van der Waals surface area contributed by atoms with Crippen molar-refractivity contribution >= 4 is 28.6 Å². The molecular formula is C20H23FN6O3. The predicted molar refractivity (Wildman–Crippen MR) is 106 cm³/mol. The molecule has 2 aromatic heterocycles. The highest BCUT2D eigenvalue weighted by Crippen LogP contribution is 2.48. The van der Waals surface area contributed by atoms with Gasteiger partial charge in [-0.1, -0.05) is 0 Å². The molecule has 0 aromatic carbocycles. The van der Waals surface area contributed by atoms with Gasteiger partial charge < -0.3 is 16.0 Å². The Bertz CT molecular complexity index is 1070. The van der Waals surface area contributed by atoms with Crippen LogP contribution in [0.4, 0.5) is 4.39 Å². The van der Waals surface area contributed by atoms with E-state index in [0.29, 0.717) is 22.9 Å². The molecule has 0 unspecified atom stereocenters. The van der Waals surface area contributed by atoms with Gasteiger partial charge in [-0.25, -0.2) is 4.39 Å². The Labute approximate surface area is 172 Å². The predicted octanol–water partition coefficient (Wildman–Crippen LogP) is 0.899. The van der Waals surface area contributed by atoms with Gasteiger partial charge >= 0.3 is 0 Å². The molecule has 3 atom stereocenters. The van der Waals surface area contributed by atoms with Gasteiger partial charge in [0.2, 0.25) is 11.8 Å². The van der Waals surface area contributed by atoms with Crippen LogP contribution < -0.4 is 11.1 Å². The molecule has 30 heavy (non-hydrogen) atoms. The third kappa shape index (κ3) is 3.53. The van der Waals surface area contributed by atoms with Crippen LogP contribution in [0.15, 0.2) is 29.9 Å². The van der Waals surface area contributed by atoms with E-state index in [1.54, 1.807) is 24.8 Å². The van der Waals surface area contributed by atoms with Gasteiger partial charge in [-0.2, -0.15) is 5.10 Å². The Hall–Kier alpha value is -3.30. The summed E-state index contributed by atoms with van der Waals surface area (Å²) >= 11 is 0. The number of hydrogen-bond acceptors (Lipinski definition) is 5. The second-order valence-electron chi connectivity index (χ2n) is 8.00. The molecule has 1 aliphatic heterocycles. The van der Waals surface area contributed by atoms with Crippen LogP contribution in [0.5, 0.6) is 0 Å². The highest BCUT2D eigenvalue weighted by atomic mass is 19.1. The summed E-state index contributed by atoms with van der Waals surface area (Å²) in [5.74, 6) is -1.45. The number of nitrogens with two attached hydrogens (primary N) is 1. The standard InChI is InChI=1S/C20H23FN6O3/c1-10(2)13(21)7-24-20(30)15-6-11-5-14(11)27(15)17(28)9-26-16-8-23-4-3-12(16)18(25-26)19(22)29/h3-4,8,11,14-15H,5-7,9H2,1-2H3,(H2,22,29)(H,24,30)/t11-,14-,15+/m1/s1. The highest BCUT2D eigenvalue weighted by Gasteiger charge is 2.55. The largest absolute Gasteiger partial charge is 0.364 e. The number of primary amides is 1. The van der Waals surface area contributed by atoms with Gasteiger partial charge in [-0.15, -0.1) is 0 Å². The summed E-state index contributed by atoms with van der Waals surface area (Å²) in [7, 11) is 0. The van der Waals surface area contributed by atoms with E-state index in [4.69, 9.17) is 5.73 Å². The molecule has 9 nitrogen and oxygen atoms in total. The number of fused-ring (bicyclic) bond motifs is 2. The lowest BCUT2D eigenvalue weighted by molar-refractivity contribution is -0.140. The van der Waals surface area contributed by atoms with E-state index in [1.165, 1.54) is 17.1 Å². The molecule has 0 spiro atoms. The van der Waals surface area contributed by atoms with Crippen molar-refractivity contribution in [2.45, 2.75) is 45.3 Å². The first-order chi connectivity index (χ1) is 14.3. The molecule has 2 aromatic rings. The summed E-state index contributed by atoms with van der Waals surface area (Å²) in [5.41, 5.74) is 6.48. The second-order valence-corrected chi connectivity index (χ2v) is 8.00. The number of rotatable bonds is 6. The van der Waals surface area contributed by atoms with Crippen LogP contribution in [-0.4, -0.2) is 56.0 Å². The molecule has 10 heteroatoms. The smallest absolute Gasteiger partial charge is 0.269 e. The second kappa shape index (κ2) is 7.51. The minimum Gasteiger partial charge on any atom is -0.364 e. The number of likely N-dealkylation sites (tertiary alicyclic amines) is 1. The fourth-order valence-electron chi connectivity index (χ4n) is 4.04. The topological polar surface area (TPSA) is 123 Å². The first-order valence-corrected chi connectivity index (χ1v) is 9.79. The van der Waals surface area contributed by atoms with E-state index in [9.17, 15) is 18.8 Å². The number of halogens is 1. The van der Waals surface area contributed by atoms with Crippen molar-refractivity contribution in [1.29, 1.82) is 0 Å². The van der Waals surface area contributed by atoms with Gasteiger partial charge in [-0.3, -0.25) is 24.0 Å². The molecule has 3 heterocycles. The third-order valence-corrected chi connectivity index (χ3v) is 5.73. The number of amides is 3. The van der Waals surface area contributed by atoms with Crippen molar-refractivity contribution in [3.05, 3.63) is 35.6 Å². The van der Waals surface area contributed by atoms with E-state index >= 15 is 0 Å². The maximum Gasteiger partial charge on any atom is 0.269 e. The van der Waals surface area contributed by atoms with Crippen LogP contribution in [0.25, 0.3) is 10.9 Å². The number of nitrogens with zero attached hydrogens (tertiary/aromatic N) is 4. The Morgan fingerprint density at radius 3 is 2.77 bits per heavy atom. The molecule has 0 radical (unpaired) electrons. The van der Waals surface area contributed by atoms with Crippen LogP contribution in [0, 0.1) is 5.92 Å². The number of carbonyl (C=O) groups is 3. The molecule has 3 N–H and O–H groups in total. The van der Waals surface area contributed by atoms with Crippen LogP contribution in [0.1, 0.15) is 37.2 Å². The maximum absolute atomic E-state index is 13.7. The van der Waals surface area contributed by atoms with Crippen molar-refractivity contribution in [2.75, 3.05) is 6.54 Å². The Balaban J connectivity index is 1.53. The molecule has 1 saturated heterocycles. The monoisotopic (exact) mass is 414 g/mol. The van der Waals surface area contributed by atoms with Gasteiger partial charge in [-0.05, 0) is 44.2 Å².